The van der Waals surface area contributed by atoms with Crippen LogP contribution >= 0.6 is 27.5 Å². The lowest BCUT2D eigenvalue weighted by molar-refractivity contribution is 0.102. The van der Waals surface area contributed by atoms with Crippen molar-refractivity contribution in [1.82, 2.24) is 9.97 Å². The first-order valence-corrected chi connectivity index (χ1v) is 6.70. The Hall–Kier alpha value is -1.46. The van der Waals surface area contributed by atoms with Crippen LogP contribution in [-0.4, -0.2) is 15.9 Å². The summed E-state index contributed by atoms with van der Waals surface area (Å²) in [6.45, 7) is 3.71. The van der Waals surface area contributed by atoms with E-state index < -0.39 is 0 Å². The van der Waals surface area contributed by atoms with E-state index in [1.54, 1.807) is 25.3 Å². The summed E-state index contributed by atoms with van der Waals surface area (Å²) in [6.07, 6.45) is 1.65. The van der Waals surface area contributed by atoms with Gasteiger partial charge in [-0.2, -0.15) is 0 Å². The van der Waals surface area contributed by atoms with E-state index >= 15 is 0 Å². The van der Waals surface area contributed by atoms with E-state index in [9.17, 15) is 4.79 Å². The van der Waals surface area contributed by atoms with E-state index in [0.29, 0.717) is 22.2 Å². The minimum Gasteiger partial charge on any atom is -0.307 e. The first kappa shape index (κ1) is 14.0. The van der Waals surface area contributed by atoms with Gasteiger partial charge in [-0.25, -0.2) is 9.97 Å². The predicted molar refractivity (Wildman–Crippen MR) is 78.6 cm³/mol. The van der Waals surface area contributed by atoms with Gasteiger partial charge in [-0.05, 0) is 53.5 Å². The molecule has 0 aromatic carbocycles. The molecular formula is C13H11BrClN3O. The summed E-state index contributed by atoms with van der Waals surface area (Å²) in [5.41, 5.74) is 2.15. The molecule has 2 heterocycles. The van der Waals surface area contributed by atoms with Crippen molar-refractivity contribution in [2.45, 2.75) is 13.8 Å². The number of aromatic nitrogens is 2. The second-order valence-corrected chi connectivity index (χ2v) is 5.33. The number of pyridine rings is 2. The largest absolute Gasteiger partial charge is 0.307 e. The molecule has 2 aromatic heterocycles. The van der Waals surface area contributed by atoms with Gasteiger partial charge in [-0.1, -0.05) is 11.6 Å². The fraction of sp³-hybridized carbons (Fsp3) is 0.154. The molecule has 19 heavy (non-hydrogen) atoms. The fourth-order valence-electron chi connectivity index (χ4n) is 1.56. The van der Waals surface area contributed by atoms with E-state index in [4.69, 9.17) is 11.6 Å². The zero-order chi connectivity index (χ0) is 14.0. The van der Waals surface area contributed by atoms with Crippen LogP contribution in [-0.2, 0) is 0 Å². The number of carbonyl (C=O) groups is 1. The van der Waals surface area contributed by atoms with Crippen molar-refractivity contribution in [2.24, 2.45) is 0 Å². The molecule has 6 heteroatoms. The Morgan fingerprint density at radius 3 is 2.68 bits per heavy atom. The minimum atomic E-state index is -0.262. The summed E-state index contributed by atoms with van der Waals surface area (Å²) in [7, 11) is 0. The Morgan fingerprint density at radius 1 is 1.32 bits per heavy atom. The number of amides is 1. The highest BCUT2D eigenvalue weighted by Crippen LogP contribution is 2.18. The predicted octanol–water partition coefficient (Wildman–Crippen LogP) is 3.76. The van der Waals surface area contributed by atoms with Gasteiger partial charge < -0.3 is 5.32 Å². The highest BCUT2D eigenvalue weighted by atomic mass is 79.9. The summed E-state index contributed by atoms with van der Waals surface area (Å²) < 4.78 is 0.897. The summed E-state index contributed by atoms with van der Waals surface area (Å²) in [5.74, 6) is 0.234. The summed E-state index contributed by atoms with van der Waals surface area (Å²) in [6, 6.07) is 4.99. The first-order valence-electron chi connectivity index (χ1n) is 5.53. The van der Waals surface area contributed by atoms with Crippen LogP contribution in [0.2, 0.25) is 5.15 Å². The van der Waals surface area contributed by atoms with Crippen molar-refractivity contribution >= 4 is 39.3 Å². The van der Waals surface area contributed by atoms with Crippen LogP contribution in [0.5, 0.6) is 0 Å². The molecular weight excluding hydrogens is 330 g/mol. The average Bonchev–Trinajstić information content (AvgIpc) is 2.32. The van der Waals surface area contributed by atoms with Crippen LogP contribution in [0, 0.1) is 13.8 Å². The van der Waals surface area contributed by atoms with Crippen LogP contribution in [0.1, 0.15) is 21.6 Å². The highest BCUT2D eigenvalue weighted by molar-refractivity contribution is 9.10. The van der Waals surface area contributed by atoms with E-state index in [1.165, 1.54) is 6.07 Å². The molecule has 0 atom stereocenters. The molecule has 4 nitrogen and oxygen atoms in total. The van der Waals surface area contributed by atoms with Crippen LogP contribution < -0.4 is 5.32 Å². The quantitative estimate of drug-likeness (QED) is 0.847. The third-order valence-corrected chi connectivity index (χ3v) is 3.50. The standard InChI is InChI=1S/C13H11BrClN3O/c1-7-3-12(16-6-10(7)14)18-13(19)9-4-8(2)17-11(15)5-9/h3-6H,1-2H3,(H,16,18,19). The van der Waals surface area contributed by atoms with Gasteiger partial charge >= 0.3 is 0 Å². The van der Waals surface area contributed by atoms with E-state index in [0.717, 1.165) is 10.0 Å². The number of anilines is 1. The number of carbonyl (C=O) groups excluding carboxylic acids is 1. The Kier molecular flexibility index (Phi) is 4.17. The molecule has 0 bridgehead atoms. The Bertz CT molecular complexity index is 626. The molecule has 0 saturated carbocycles. The molecule has 1 amide bonds. The van der Waals surface area contributed by atoms with Gasteiger partial charge in [0, 0.05) is 21.9 Å². The fourth-order valence-corrected chi connectivity index (χ4v) is 2.02. The molecule has 0 aliphatic heterocycles. The van der Waals surface area contributed by atoms with Gasteiger partial charge in [0.05, 0.1) is 0 Å². The molecule has 0 unspecified atom stereocenters. The van der Waals surface area contributed by atoms with Gasteiger partial charge in [0.15, 0.2) is 0 Å². The highest BCUT2D eigenvalue weighted by Gasteiger charge is 2.09. The number of aryl methyl sites for hydroxylation is 2. The number of nitrogens with zero attached hydrogens (tertiary/aromatic N) is 2. The SMILES string of the molecule is Cc1cc(C(=O)Nc2cc(C)c(Br)cn2)cc(Cl)n1. The van der Waals surface area contributed by atoms with Crippen LogP contribution in [0.15, 0.2) is 28.9 Å². The number of hydrogen-bond donors (Lipinski definition) is 1. The van der Waals surface area contributed by atoms with E-state index in [1.807, 2.05) is 6.92 Å². The molecule has 2 aromatic rings. The third kappa shape index (κ3) is 3.52. The van der Waals surface area contributed by atoms with Crippen LogP contribution in [0.4, 0.5) is 5.82 Å². The summed E-state index contributed by atoms with van der Waals surface area (Å²) in [4.78, 5) is 20.2. The summed E-state index contributed by atoms with van der Waals surface area (Å²) in [5, 5.41) is 3.02. The maximum absolute atomic E-state index is 12.1. The Labute approximate surface area is 124 Å². The lowest BCUT2D eigenvalue weighted by Crippen LogP contribution is -2.13. The maximum Gasteiger partial charge on any atom is 0.256 e. The van der Waals surface area contributed by atoms with E-state index in [2.05, 4.69) is 31.2 Å². The molecule has 0 radical (unpaired) electrons. The normalized spacial score (nSPS) is 10.3. The molecule has 0 saturated heterocycles. The average molecular weight is 341 g/mol. The molecule has 0 aliphatic rings. The van der Waals surface area contributed by atoms with Gasteiger partial charge in [0.25, 0.3) is 5.91 Å². The third-order valence-electron chi connectivity index (χ3n) is 2.47. The molecule has 0 aliphatic carbocycles. The van der Waals surface area contributed by atoms with Crippen molar-refractivity contribution in [3.63, 3.8) is 0 Å². The molecule has 1 N–H and O–H groups in total. The monoisotopic (exact) mass is 339 g/mol. The zero-order valence-corrected chi connectivity index (χ0v) is 12.7. The van der Waals surface area contributed by atoms with Crippen molar-refractivity contribution in [3.8, 4) is 0 Å². The van der Waals surface area contributed by atoms with Crippen molar-refractivity contribution in [2.75, 3.05) is 5.32 Å². The Morgan fingerprint density at radius 2 is 2.05 bits per heavy atom. The number of hydrogen-bond acceptors (Lipinski definition) is 3. The number of nitrogens with one attached hydrogen (secondary N) is 1. The van der Waals surface area contributed by atoms with Gasteiger partial charge in [-0.3, -0.25) is 4.79 Å². The summed E-state index contributed by atoms with van der Waals surface area (Å²) >= 11 is 9.19. The molecule has 98 valence electrons. The van der Waals surface area contributed by atoms with Crippen molar-refractivity contribution < 1.29 is 4.79 Å². The number of rotatable bonds is 2. The van der Waals surface area contributed by atoms with Crippen molar-refractivity contribution in [1.29, 1.82) is 0 Å². The molecule has 2 rings (SSSR count). The van der Waals surface area contributed by atoms with Gasteiger partial charge in [-0.15, -0.1) is 0 Å². The van der Waals surface area contributed by atoms with Crippen molar-refractivity contribution in [3.05, 3.63) is 50.8 Å². The van der Waals surface area contributed by atoms with E-state index in [-0.39, 0.29) is 5.91 Å². The minimum absolute atomic E-state index is 0.262. The zero-order valence-electron chi connectivity index (χ0n) is 10.4. The van der Waals surface area contributed by atoms with Gasteiger partial charge in [0.1, 0.15) is 11.0 Å². The van der Waals surface area contributed by atoms with Crippen LogP contribution in [0.3, 0.4) is 0 Å². The van der Waals surface area contributed by atoms with Crippen LogP contribution in [0.25, 0.3) is 0 Å². The molecule has 0 spiro atoms. The smallest absolute Gasteiger partial charge is 0.256 e. The van der Waals surface area contributed by atoms with Gasteiger partial charge in [0.2, 0.25) is 0 Å². The topological polar surface area (TPSA) is 54.9 Å². The second kappa shape index (κ2) is 5.67. The maximum atomic E-state index is 12.1. The second-order valence-electron chi connectivity index (χ2n) is 4.09. The Balaban J connectivity index is 2.22. The first-order chi connectivity index (χ1) is 8.95. The lowest BCUT2D eigenvalue weighted by Gasteiger charge is -2.07. The number of halogens is 2. The lowest BCUT2D eigenvalue weighted by atomic mass is 10.2. The molecule has 0 fully saturated rings.